The van der Waals surface area contributed by atoms with Crippen LogP contribution in [0.4, 0.5) is 0 Å². The highest BCUT2D eigenvalue weighted by Gasteiger charge is 2.38. The van der Waals surface area contributed by atoms with E-state index in [9.17, 15) is 9.90 Å². The lowest BCUT2D eigenvalue weighted by Gasteiger charge is -2.36. The van der Waals surface area contributed by atoms with E-state index >= 15 is 0 Å². The van der Waals surface area contributed by atoms with Crippen molar-refractivity contribution in [3.8, 4) is 0 Å². The number of carbonyl (C=O) groups excluding carboxylic acids is 1. The molecular weight excluding hydrogens is 374 g/mol. The monoisotopic (exact) mass is 401 g/mol. The molecule has 1 aliphatic rings. The number of benzene rings is 1. The molecule has 1 aliphatic heterocycles. The Hall–Kier alpha value is -2.15. The molecule has 0 unspecified atom stereocenters. The van der Waals surface area contributed by atoms with Crippen LogP contribution in [0, 0.1) is 5.92 Å². The maximum absolute atomic E-state index is 12.8. The normalized spacial score (nSPS) is 21.6. The summed E-state index contributed by atoms with van der Waals surface area (Å²) in [7, 11) is 0. The molecule has 0 fully saturated rings. The van der Waals surface area contributed by atoms with Crippen LogP contribution in [0.2, 0.25) is 0 Å². The van der Waals surface area contributed by atoms with Crippen LogP contribution in [-0.4, -0.2) is 30.5 Å². The molecule has 3 rings (SSSR count). The maximum Gasteiger partial charge on any atom is 0.286 e. The van der Waals surface area contributed by atoms with Crippen LogP contribution in [0.5, 0.6) is 0 Å². The molecule has 0 bridgehead atoms. The molecule has 0 spiro atoms. The summed E-state index contributed by atoms with van der Waals surface area (Å²) in [5.74, 6) is 0.134. The third kappa shape index (κ3) is 5.22. The first-order chi connectivity index (χ1) is 13.7. The maximum atomic E-state index is 12.8. The minimum absolute atomic E-state index is 0.0225. The number of nitrogens with one attached hydrogen (secondary N) is 1. The molecule has 0 saturated carbocycles. The van der Waals surface area contributed by atoms with Gasteiger partial charge >= 0.3 is 0 Å². The van der Waals surface area contributed by atoms with Crippen LogP contribution < -0.4 is 5.32 Å². The highest BCUT2D eigenvalue weighted by Crippen LogP contribution is 2.40. The molecule has 0 aliphatic carbocycles. The van der Waals surface area contributed by atoms with E-state index in [-0.39, 0.29) is 24.3 Å². The van der Waals surface area contributed by atoms with Crippen LogP contribution in [0.25, 0.3) is 0 Å². The molecule has 0 saturated heterocycles. The second-order valence-electron chi connectivity index (χ2n) is 6.71. The quantitative estimate of drug-likeness (QED) is 0.670. The van der Waals surface area contributed by atoms with E-state index in [2.05, 4.69) is 11.4 Å². The highest BCUT2D eigenvalue weighted by molar-refractivity contribution is 7.10. The number of aliphatic hydroxyl groups excluding tert-OH is 1. The summed E-state index contributed by atoms with van der Waals surface area (Å²) in [4.78, 5) is 13.9. The standard InChI is InChI=1S/C22H27NO4S/c1-2-26-22-17(10-6-12-24)18(20-11-7-13-28-20)14-19(27-22)21(25)23-15-16-8-4-3-5-9-16/h3-5,7-9,11,13-14,17-18,22,24H,2,6,10,12,15H2,1H3,(H,23,25)/t17-,18-,22+/m0/s1. The fourth-order valence-corrected chi connectivity index (χ4v) is 4.31. The molecule has 2 N–H and O–H groups in total. The second-order valence-corrected chi connectivity index (χ2v) is 7.69. The summed E-state index contributed by atoms with van der Waals surface area (Å²) in [5, 5.41) is 14.3. The van der Waals surface area contributed by atoms with Gasteiger partial charge in [0.2, 0.25) is 6.29 Å². The van der Waals surface area contributed by atoms with Gasteiger partial charge in [-0.05, 0) is 42.9 Å². The van der Waals surface area contributed by atoms with E-state index in [0.29, 0.717) is 25.3 Å². The van der Waals surface area contributed by atoms with Gasteiger partial charge in [-0.3, -0.25) is 4.79 Å². The van der Waals surface area contributed by atoms with Gasteiger partial charge in [-0.1, -0.05) is 36.4 Å². The van der Waals surface area contributed by atoms with Gasteiger partial charge in [-0.25, -0.2) is 0 Å². The van der Waals surface area contributed by atoms with Crippen LogP contribution in [0.15, 0.2) is 59.7 Å². The Morgan fingerprint density at radius 2 is 2.07 bits per heavy atom. The van der Waals surface area contributed by atoms with Crippen molar-refractivity contribution in [2.24, 2.45) is 5.92 Å². The smallest absolute Gasteiger partial charge is 0.286 e. The summed E-state index contributed by atoms with van der Waals surface area (Å²) in [5.41, 5.74) is 1.03. The number of carbonyl (C=O) groups is 1. The van der Waals surface area contributed by atoms with E-state index in [1.165, 1.54) is 4.88 Å². The Morgan fingerprint density at radius 1 is 1.25 bits per heavy atom. The first-order valence-corrected chi connectivity index (χ1v) is 10.6. The molecular formula is C22H27NO4S. The van der Waals surface area contributed by atoms with E-state index in [0.717, 1.165) is 12.0 Å². The lowest BCUT2D eigenvalue weighted by molar-refractivity contribution is -0.166. The third-order valence-corrected chi connectivity index (χ3v) is 5.78. The van der Waals surface area contributed by atoms with Crippen molar-refractivity contribution in [2.45, 2.75) is 38.5 Å². The van der Waals surface area contributed by atoms with E-state index in [4.69, 9.17) is 9.47 Å². The fraction of sp³-hybridized carbons (Fsp3) is 0.409. The van der Waals surface area contributed by atoms with Crippen molar-refractivity contribution < 1.29 is 19.4 Å². The van der Waals surface area contributed by atoms with Gasteiger partial charge in [0.15, 0.2) is 5.76 Å². The van der Waals surface area contributed by atoms with Crippen LogP contribution in [-0.2, 0) is 20.8 Å². The van der Waals surface area contributed by atoms with Crippen molar-refractivity contribution in [1.29, 1.82) is 0 Å². The highest BCUT2D eigenvalue weighted by atomic mass is 32.1. The van der Waals surface area contributed by atoms with Gasteiger partial charge in [-0.15, -0.1) is 11.3 Å². The zero-order valence-corrected chi connectivity index (χ0v) is 16.9. The van der Waals surface area contributed by atoms with Crippen molar-refractivity contribution in [1.82, 2.24) is 5.32 Å². The third-order valence-electron chi connectivity index (χ3n) is 4.80. The molecule has 2 aromatic rings. The molecule has 1 aromatic heterocycles. The number of hydrogen-bond donors (Lipinski definition) is 2. The Balaban J connectivity index is 1.79. The number of amides is 1. The molecule has 6 heteroatoms. The first kappa shape index (κ1) is 20.6. The van der Waals surface area contributed by atoms with E-state index < -0.39 is 6.29 Å². The SMILES string of the molecule is CCO[C@@H]1OC(C(=O)NCc2ccccc2)=C[C@H](c2cccs2)[C@@H]1CCCO. The number of rotatable bonds is 9. The summed E-state index contributed by atoms with van der Waals surface area (Å²) >= 11 is 1.66. The topological polar surface area (TPSA) is 67.8 Å². The molecule has 28 heavy (non-hydrogen) atoms. The summed E-state index contributed by atoms with van der Waals surface area (Å²) in [6.07, 6.45) is 2.83. The van der Waals surface area contributed by atoms with Gasteiger partial charge in [0.1, 0.15) is 0 Å². The predicted molar refractivity (Wildman–Crippen MR) is 110 cm³/mol. The average molecular weight is 402 g/mol. The van der Waals surface area contributed by atoms with Gasteiger partial charge in [0.05, 0.1) is 0 Å². The van der Waals surface area contributed by atoms with Crippen LogP contribution in [0.3, 0.4) is 0 Å². The molecule has 3 atom stereocenters. The number of aliphatic hydroxyl groups is 1. The molecule has 150 valence electrons. The lowest BCUT2D eigenvalue weighted by Crippen LogP contribution is -2.38. The predicted octanol–water partition coefficient (Wildman–Crippen LogP) is 3.81. The number of ether oxygens (including phenoxy) is 2. The van der Waals surface area contributed by atoms with Crippen molar-refractivity contribution in [2.75, 3.05) is 13.2 Å². The van der Waals surface area contributed by atoms with Gasteiger partial charge in [0.25, 0.3) is 5.91 Å². The Morgan fingerprint density at radius 3 is 2.75 bits per heavy atom. The van der Waals surface area contributed by atoms with Crippen LogP contribution in [0.1, 0.15) is 36.1 Å². The van der Waals surface area contributed by atoms with Gasteiger partial charge < -0.3 is 19.9 Å². The zero-order chi connectivity index (χ0) is 19.8. The minimum Gasteiger partial charge on any atom is -0.459 e. The summed E-state index contributed by atoms with van der Waals surface area (Å²) < 4.78 is 11.8. The van der Waals surface area contributed by atoms with E-state index in [1.54, 1.807) is 11.3 Å². The largest absolute Gasteiger partial charge is 0.459 e. The number of thiophene rings is 1. The summed E-state index contributed by atoms with van der Waals surface area (Å²) in [6.45, 7) is 2.98. The Labute approximate surface area is 170 Å². The van der Waals surface area contributed by atoms with Crippen molar-refractivity contribution in [3.63, 3.8) is 0 Å². The van der Waals surface area contributed by atoms with E-state index in [1.807, 2.05) is 54.8 Å². The number of hydrogen-bond acceptors (Lipinski definition) is 5. The number of allylic oxidation sites excluding steroid dienone is 1. The molecule has 1 amide bonds. The first-order valence-electron chi connectivity index (χ1n) is 9.69. The minimum atomic E-state index is -0.508. The summed E-state index contributed by atoms with van der Waals surface area (Å²) in [6, 6.07) is 13.9. The van der Waals surface area contributed by atoms with Crippen molar-refractivity contribution >= 4 is 17.2 Å². The Kier molecular flexibility index (Phi) is 7.65. The zero-order valence-electron chi connectivity index (χ0n) is 16.0. The molecule has 2 heterocycles. The fourth-order valence-electron chi connectivity index (χ4n) is 3.44. The average Bonchev–Trinajstić information content (AvgIpc) is 3.26. The molecule has 0 radical (unpaired) electrons. The molecule has 5 nitrogen and oxygen atoms in total. The van der Waals surface area contributed by atoms with Gasteiger partial charge in [0, 0.05) is 36.5 Å². The van der Waals surface area contributed by atoms with Crippen molar-refractivity contribution in [3.05, 3.63) is 70.1 Å². The lowest BCUT2D eigenvalue weighted by atomic mass is 9.84. The second kappa shape index (κ2) is 10.4. The van der Waals surface area contributed by atoms with Gasteiger partial charge in [-0.2, -0.15) is 0 Å². The molecule has 1 aromatic carbocycles. The Bertz CT molecular complexity index is 760. The van der Waals surface area contributed by atoms with Crippen LogP contribution >= 0.6 is 11.3 Å².